The largest absolute Gasteiger partial charge is 0.355 e. The Bertz CT molecular complexity index is 980. The number of benzene rings is 1. The van der Waals surface area contributed by atoms with Crippen molar-refractivity contribution in [3.63, 3.8) is 0 Å². The van der Waals surface area contributed by atoms with E-state index in [2.05, 4.69) is 10.3 Å². The number of pyridine rings is 1. The molecule has 1 aromatic carbocycles. The summed E-state index contributed by atoms with van der Waals surface area (Å²) in [5, 5.41) is 4.88. The maximum atomic E-state index is 12.5. The number of hydrogen-bond acceptors (Lipinski definition) is 3. The van der Waals surface area contributed by atoms with Crippen LogP contribution < -0.4 is 10.6 Å². The fourth-order valence-corrected chi connectivity index (χ4v) is 3.08. The molecule has 1 aromatic heterocycles. The highest BCUT2D eigenvalue weighted by Gasteiger charge is 2.31. The molecule has 0 bridgehead atoms. The summed E-state index contributed by atoms with van der Waals surface area (Å²) in [5.74, 6) is -0.324. The number of allylic oxidation sites excluding steroid dienone is 1. The lowest BCUT2D eigenvalue weighted by atomic mass is 10.0. The van der Waals surface area contributed by atoms with Gasteiger partial charge in [-0.05, 0) is 35.6 Å². The van der Waals surface area contributed by atoms with Crippen LogP contribution in [-0.2, 0) is 11.2 Å². The van der Waals surface area contributed by atoms with Gasteiger partial charge in [0.2, 0.25) is 5.91 Å². The number of rotatable bonds is 4. The summed E-state index contributed by atoms with van der Waals surface area (Å²) in [6, 6.07) is 9.71. The molecule has 4 rings (SSSR count). The summed E-state index contributed by atoms with van der Waals surface area (Å²) in [4.78, 5) is 29.0. The first-order valence-electron chi connectivity index (χ1n) is 9.73. The molecule has 0 saturated heterocycles. The third kappa shape index (κ3) is 2.93. The number of hydrogen-bond donors (Lipinski definition) is 2. The second-order valence-corrected chi connectivity index (χ2v) is 6.34. The van der Waals surface area contributed by atoms with Gasteiger partial charge in [-0.2, -0.15) is 0 Å². The molecule has 5 nitrogen and oxygen atoms in total. The Hall–Kier alpha value is -2.95. The maximum absolute atomic E-state index is 12.5. The molecule has 2 amide bonds. The van der Waals surface area contributed by atoms with Crippen LogP contribution in [0.15, 0.2) is 36.5 Å². The normalized spacial score (nSPS) is 17.6. The van der Waals surface area contributed by atoms with Gasteiger partial charge in [-0.15, -0.1) is 0 Å². The quantitative estimate of drug-likeness (QED) is 0.902. The van der Waals surface area contributed by atoms with E-state index in [0.717, 1.165) is 29.5 Å². The van der Waals surface area contributed by atoms with Gasteiger partial charge in [0.05, 0.1) is 5.56 Å². The lowest BCUT2D eigenvalue weighted by Crippen LogP contribution is -2.21. The molecular weight excluding hydrogens is 314 g/mol. The maximum Gasteiger partial charge on any atom is 0.253 e. The van der Waals surface area contributed by atoms with Gasteiger partial charge in [0.25, 0.3) is 5.91 Å². The van der Waals surface area contributed by atoms with Crippen molar-refractivity contribution in [2.75, 3.05) is 12.3 Å². The van der Waals surface area contributed by atoms with Crippen LogP contribution in [0, 0.1) is 5.92 Å². The van der Waals surface area contributed by atoms with Gasteiger partial charge in [0.1, 0.15) is 5.82 Å². The minimum atomic E-state index is -2.59. The molecule has 0 atom stereocenters. The molecule has 2 aliphatic carbocycles. The highest BCUT2D eigenvalue weighted by atomic mass is 16.2. The van der Waals surface area contributed by atoms with Gasteiger partial charge in [-0.25, -0.2) is 4.98 Å². The Morgan fingerprint density at radius 2 is 2.04 bits per heavy atom. The first-order chi connectivity index (χ1) is 13.3. The number of carbonyl (C=O) groups is 2. The molecule has 2 N–H and O–H groups in total. The number of nitrogens with one attached hydrogen (secondary N) is 2. The van der Waals surface area contributed by atoms with E-state index in [1.54, 1.807) is 0 Å². The monoisotopic (exact) mass is 336 g/mol. The molecule has 0 spiro atoms. The zero-order chi connectivity index (χ0) is 19.9. The average Bonchev–Trinajstić information content (AvgIpc) is 3.39. The smallest absolute Gasteiger partial charge is 0.253 e. The number of amides is 2. The number of nitrogens with zero attached hydrogens (tertiary/aromatic N) is 1. The van der Waals surface area contributed by atoms with E-state index in [1.165, 1.54) is 6.20 Å². The molecule has 2 aliphatic rings. The molecule has 126 valence electrons. The highest BCUT2D eigenvalue weighted by molar-refractivity contribution is 6.04. The summed E-state index contributed by atoms with van der Waals surface area (Å²) in [6.07, 6.45) is 5.45. The number of anilines is 1. The molecule has 0 unspecified atom stereocenters. The minimum Gasteiger partial charge on any atom is -0.355 e. The molecule has 25 heavy (non-hydrogen) atoms. The fourth-order valence-electron chi connectivity index (χ4n) is 3.08. The fraction of sp³-hybridized carbons (Fsp3) is 0.250. The van der Waals surface area contributed by atoms with Crippen LogP contribution in [0.25, 0.3) is 11.6 Å². The van der Waals surface area contributed by atoms with E-state index in [0.29, 0.717) is 17.8 Å². The van der Waals surface area contributed by atoms with Crippen molar-refractivity contribution < 1.29 is 13.7 Å². The summed E-state index contributed by atoms with van der Waals surface area (Å²) < 4.78 is 21.8. The standard InChI is InChI=1S/C20H19N3O2/c1-21-20(25)17-11-22-18(23-19(24)13-7-8-13)16-10-14(9-15(16)17)12-5-3-2-4-6-12/h2-6,9,11,13H,7-8,10H2,1H3,(H,21,25)(H,22,23,24)/i1D3. The summed E-state index contributed by atoms with van der Waals surface area (Å²) in [5.41, 5.74) is 3.49. The van der Waals surface area contributed by atoms with E-state index in [9.17, 15) is 9.59 Å². The molecule has 5 heteroatoms. The van der Waals surface area contributed by atoms with Crippen LogP contribution in [0.2, 0.25) is 0 Å². The Balaban J connectivity index is 1.72. The third-order valence-electron chi connectivity index (χ3n) is 4.60. The van der Waals surface area contributed by atoms with E-state index in [-0.39, 0.29) is 17.4 Å². The van der Waals surface area contributed by atoms with Crippen LogP contribution in [0.5, 0.6) is 0 Å². The molecule has 1 saturated carbocycles. The van der Waals surface area contributed by atoms with Gasteiger partial charge in [0, 0.05) is 35.2 Å². The molecule has 2 aromatic rings. The zero-order valence-corrected chi connectivity index (χ0v) is 13.5. The number of carbonyl (C=O) groups excluding carboxylic acids is 2. The van der Waals surface area contributed by atoms with E-state index in [4.69, 9.17) is 4.11 Å². The van der Waals surface area contributed by atoms with Crippen LogP contribution in [-0.4, -0.2) is 23.8 Å². The Morgan fingerprint density at radius 3 is 2.76 bits per heavy atom. The lowest BCUT2D eigenvalue weighted by molar-refractivity contribution is -0.117. The van der Waals surface area contributed by atoms with Crippen LogP contribution >= 0.6 is 0 Å². The van der Waals surface area contributed by atoms with Gasteiger partial charge in [-0.1, -0.05) is 30.3 Å². The van der Waals surface area contributed by atoms with Crippen LogP contribution in [0.3, 0.4) is 0 Å². The second-order valence-electron chi connectivity index (χ2n) is 6.34. The number of fused-ring (bicyclic) bond motifs is 1. The predicted molar refractivity (Wildman–Crippen MR) is 97.0 cm³/mol. The lowest BCUT2D eigenvalue weighted by Gasteiger charge is -2.12. The third-order valence-corrected chi connectivity index (χ3v) is 4.60. The second kappa shape index (κ2) is 6.16. The van der Waals surface area contributed by atoms with Crippen molar-refractivity contribution >= 4 is 29.3 Å². The summed E-state index contributed by atoms with van der Waals surface area (Å²) in [7, 11) is 0. The summed E-state index contributed by atoms with van der Waals surface area (Å²) >= 11 is 0. The van der Waals surface area contributed by atoms with Crippen molar-refractivity contribution in [3.05, 3.63) is 58.8 Å². The Labute approximate surface area is 150 Å². The van der Waals surface area contributed by atoms with E-state index in [1.807, 2.05) is 41.7 Å². The number of aromatic nitrogens is 1. The first kappa shape index (κ1) is 12.4. The van der Waals surface area contributed by atoms with Crippen molar-refractivity contribution in [2.45, 2.75) is 19.3 Å². The van der Waals surface area contributed by atoms with Crippen molar-refractivity contribution in [3.8, 4) is 0 Å². The Morgan fingerprint density at radius 1 is 1.24 bits per heavy atom. The topological polar surface area (TPSA) is 71.1 Å². The predicted octanol–water partition coefficient (Wildman–Crippen LogP) is 2.89. The zero-order valence-electron chi connectivity index (χ0n) is 16.5. The first-order valence-corrected chi connectivity index (χ1v) is 8.23. The van der Waals surface area contributed by atoms with E-state index < -0.39 is 12.9 Å². The van der Waals surface area contributed by atoms with Gasteiger partial charge < -0.3 is 10.6 Å². The van der Waals surface area contributed by atoms with E-state index >= 15 is 0 Å². The van der Waals surface area contributed by atoms with Gasteiger partial charge in [0.15, 0.2) is 0 Å². The van der Waals surface area contributed by atoms with Gasteiger partial charge in [-0.3, -0.25) is 9.59 Å². The van der Waals surface area contributed by atoms with Crippen molar-refractivity contribution in [1.82, 2.24) is 10.3 Å². The molecular formula is C20H19N3O2. The minimum absolute atomic E-state index is 0.0268. The molecule has 1 fully saturated rings. The van der Waals surface area contributed by atoms with Crippen LogP contribution in [0.1, 0.15) is 44.0 Å². The van der Waals surface area contributed by atoms with Crippen molar-refractivity contribution in [1.29, 1.82) is 0 Å². The summed E-state index contributed by atoms with van der Waals surface area (Å²) in [6.45, 7) is -2.59. The Kier molecular flexibility index (Phi) is 3.06. The van der Waals surface area contributed by atoms with Crippen molar-refractivity contribution in [2.24, 2.45) is 5.92 Å². The molecule has 0 aliphatic heterocycles. The SMILES string of the molecule is [2H]C([2H])([2H])NC(=O)c1cnc(NC(=O)C2CC2)c2c1C=C(c1ccccc1)C2. The molecule has 0 radical (unpaired) electrons. The highest BCUT2D eigenvalue weighted by Crippen LogP contribution is 2.37. The van der Waals surface area contributed by atoms with Gasteiger partial charge >= 0.3 is 0 Å². The molecule has 1 heterocycles. The van der Waals surface area contributed by atoms with Crippen LogP contribution in [0.4, 0.5) is 5.82 Å². The average molecular weight is 336 g/mol.